The molecule has 6 nitrogen and oxygen atoms in total. The van der Waals surface area contributed by atoms with Crippen LogP contribution in [0.5, 0.6) is 0 Å². The molecule has 0 amide bonds. The molecule has 1 aliphatic rings. The Bertz CT molecular complexity index is 465. The van der Waals surface area contributed by atoms with E-state index < -0.39 is 0 Å². The molecule has 0 aliphatic carbocycles. The molecule has 0 radical (unpaired) electrons. The molecule has 0 saturated carbocycles. The summed E-state index contributed by atoms with van der Waals surface area (Å²) >= 11 is 3.28. The van der Waals surface area contributed by atoms with Crippen LogP contribution < -0.4 is 16.2 Å². The van der Waals surface area contributed by atoms with Crippen molar-refractivity contribution in [2.24, 2.45) is 5.73 Å². The van der Waals surface area contributed by atoms with Gasteiger partial charge in [-0.25, -0.2) is 4.98 Å². The Hall–Kier alpha value is -0.920. The lowest BCUT2D eigenvalue weighted by Crippen LogP contribution is -2.49. The number of nitrogens with one attached hydrogen (secondary N) is 1. The second kappa shape index (κ2) is 5.81. The maximum Gasteiger partial charge on any atom is 0.267 e. The average molecular weight is 317 g/mol. The molecule has 3 N–H and O–H groups in total. The van der Waals surface area contributed by atoms with Crippen molar-refractivity contribution in [2.75, 3.05) is 25.1 Å². The standard InChI is InChI=1S/C11H17BrN4O2/c1-18-8-2-3-16(7(4-8)5-13)10-9(12)11(17)15-6-14-10/h6-8H,2-5,13H2,1H3,(H,14,15,17). The number of hydrogen-bond acceptors (Lipinski definition) is 5. The summed E-state index contributed by atoms with van der Waals surface area (Å²) in [6, 6.07) is 0.147. The summed E-state index contributed by atoms with van der Waals surface area (Å²) in [6.45, 7) is 1.30. The van der Waals surface area contributed by atoms with Gasteiger partial charge in [0.1, 0.15) is 4.47 Å². The lowest BCUT2D eigenvalue weighted by atomic mass is 9.99. The van der Waals surface area contributed by atoms with Gasteiger partial charge in [-0.3, -0.25) is 4.79 Å². The Morgan fingerprint density at radius 3 is 3.17 bits per heavy atom. The number of nitrogens with zero attached hydrogens (tertiary/aromatic N) is 2. The van der Waals surface area contributed by atoms with Gasteiger partial charge < -0.3 is 20.4 Å². The summed E-state index contributed by atoms with van der Waals surface area (Å²) in [6.07, 6.45) is 3.41. The number of H-pyrrole nitrogens is 1. The van der Waals surface area contributed by atoms with E-state index in [0.717, 1.165) is 19.4 Å². The van der Waals surface area contributed by atoms with Crippen LogP contribution in [-0.2, 0) is 4.74 Å². The van der Waals surface area contributed by atoms with Crippen molar-refractivity contribution in [3.8, 4) is 0 Å². The highest BCUT2D eigenvalue weighted by molar-refractivity contribution is 9.10. The molecule has 18 heavy (non-hydrogen) atoms. The normalized spacial score (nSPS) is 24.3. The largest absolute Gasteiger partial charge is 0.381 e. The predicted octanol–water partition coefficient (Wildman–Crippen LogP) is 0.475. The summed E-state index contributed by atoms with van der Waals surface area (Å²) in [4.78, 5) is 20.4. The van der Waals surface area contributed by atoms with Crippen LogP contribution in [0.1, 0.15) is 12.8 Å². The molecule has 1 aromatic heterocycles. The molecule has 2 atom stereocenters. The maximum absolute atomic E-state index is 11.6. The Labute approximate surface area is 114 Å². The summed E-state index contributed by atoms with van der Waals surface area (Å²) in [5, 5.41) is 0. The second-order valence-corrected chi connectivity index (χ2v) is 5.13. The van der Waals surface area contributed by atoms with Gasteiger partial charge in [-0.2, -0.15) is 0 Å². The van der Waals surface area contributed by atoms with E-state index in [1.165, 1.54) is 6.33 Å². The minimum Gasteiger partial charge on any atom is -0.381 e. The predicted molar refractivity (Wildman–Crippen MR) is 72.8 cm³/mol. The van der Waals surface area contributed by atoms with Crippen LogP contribution in [0.15, 0.2) is 15.6 Å². The lowest BCUT2D eigenvalue weighted by molar-refractivity contribution is 0.0707. The van der Waals surface area contributed by atoms with Crippen molar-refractivity contribution in [3.63, 3.8) is 0 Å². The maximum atomic E-state index is 11.6. The number of ether oxygens (including phenoxy) is 1. The van der Waals surface area contributed by atoms with E-state index in [9.17, 15) is 4.79 Å². The third kappa shape index (κ3) is 2.57. The number of halogens is 1. The summed E-state index contributed by atoms with van der Waals surface area (Å²) in [5.41, 5.74) is 5.63. The molecule has 0 bridgehead atoms. The van der Waals surface area contributed by atoms with Crippen LogP contribution in [0.2, 0.25) is 0 Å². The first-order valence-corrected chi connectivity index (χ1v) is 6.69. The summed E-state index contributed by atoms with van der Waals surface area (Å²) in [5.74, 6) is 0.656. The highest BCUT2D eigenvalue weighted by Crippen LogP contribution is 2.27. The first-order chi connectivity index (χ1) is 8.67. The smallest absolute Gasteiger partial charge is 0.267 e. The van der Waals surface area contributed by atoms with Crippen LogP contribution in [0.25, 0.3) is 0 Å². The number of hydrogen-bond donors (Lipinski definition) is 2. The van der Waals surface area contributed by atoms with Gasteiger partial charge >= 0.3 is 0 Å². The second-order valence-electron chi connectivity index (χ2n) is 4.33. The van der Waals surface area contributed by atoms with Crippen molar-refractivity contribution in [3.05, 3.63) is 21.2 Å². The van der Waals surface area contributed by atoms with Gasteiger partial charge in [-0.05, 0) is 28.8 Å². The van der Waals surface area contributed by atoms with Crippen molar-refractivity contribution in [2.45, 2.75) is 25.0 Å². The van der Waals surface area contributed by atoms with Gasteiger partial charge in [-0.1, -0.05) is 0 Å². The van der Waals surface area contributed by atoms with E-state index in [0.29, 0.717) is 16.8 Å². The van der Waals surface area contributed by atoms with Crippen molar-refractivity contribution < 1.29 is 4.74 Å². The Morgan fingerprint density at radius 1 is 1.72 bits per heavy atom. The average Bonchev–Trinajstić information content (AvgIpc) is 2.41. The number of nitrogens with two attached hydrogens (primary N) is 1. The SMILES string of the molecule is COC1CCN(c2nc[nH]c(=O)c2Br)C(CN)C1. The van der Waals surface area contributed by atoms with E-state index in [-0.39, 0.29) is 17.7 Å². The molecule has 1 saturated heterocycles. The molecule has 0 spiro atoms. The van der Waals surface area contributed by atoms with Crippen LogP contribution >= 0.6 is 15.9 Å². The quantitative estimate of drug-likeness (QED) is 0.847. The van der Waals surface area contributed by atoms with Gasteiger partial charge in [0.15, 0.2) is 5.82 Å². The van der Waals surface area contributed by atoms with Gasteiger partial charge in [0.2, 0.25) is 0 Å². The minimum atomic E-state index is -0.176. The molecule has 1 aliphatic heterocycles. The number of aromatic nitrogens is 2. The van der Waals surface area contributed by atoms with Crippen molar-refractivity contribution in [1.82, 2.24) is 9.97 Å². The molecule has 2 unspecified atom stereocenters. The molecule has 2 heterocycles. The molecular weight excluding hydrogens is 300 g/mol. The lowest BCUT2D eigenvalue weighted by Gasteiger charge is -2.39. The number of piperidine rings is 1. The van der Waals surface area contributed by atoms with Crippen LogP contribution in [-0.4, -0.2) is 42.3 Å². The molecular formula is C11H17BrN4O2. The highest BCUT2D eigenvalue weighted by Gasteiger charge is 2.29. The number of rotatable bonds is 3. The molecule has 1 fully saturated rings. The van der Waals surface area contributed by atoms with E-state index in [1.807, 2.05) is 0 Å². The number of aromatic amines is 1. The van der Waals surface area contributed by atoms with Crippen molar-refractivity contribution in [1.29, 1.82) is 0 Å². The van der Waals surface area contributed by atoms with E-state index >= 15 is 0 Å². The fourth-order valence-corrected chi connectivity index (χ4v) is 2.75. The van der Waals surface area contributed by atoms with Gasteiger partial charge in [0.25, 0.3) is 5.56 Å². The molecule has 0 aromatic carbocycles. The first kappa shape index (κ1) is 13.5. The van der Waals surface area contributed by atoms with E-state index in [2.05, 4.69) is 30.8 Å². The van der Waals surface area contributed by atoms with Gasteiger partial charge in [0, 0.05) is 26.2 Å². The zero-order chi connectivity index (χ0) is 13.1. The third-order valence-corrected chi connectivity index (χ3v) is 4.04. The summed E-state index contributed by atoms with van der Waals surface area (Å²) < 4.78 is 5.84. The van der Waals surface area contributed by atoms with E-state index in [1.54, 1.807) is 7.11 Å². The van der Waals surface area contributed by atoms with Crippen LogP contribution in [0.4, 0.5) is 5.82 Å². The third-order valence-electron chi connectivity index (χ3n) is 3.32. The van der Waals surface area contributed by atoms with Gasteiger partial charge in [-0.15, -0.1) is 0 Å². The van der Waals surface area contributed by atoms with Crippen molar-refractivity contribution >= 4 is 21.7 Å². The number of methoxy groups -OCH3 is 1. The van der Waals surface area contributed by atoms with E-state index in [4.69, 9.17) is 10.5 Å². The molecule has 2 rings (SSSR count). The first-order valence-electron chi connectivity index (χ1n) is 5.90. The minimum absolute atomic E-state index is 0.147. The molecule has 7 heteroatoms. The fourth-order valence-electron chi connectivity index (χ4n) is 2.30. The Kier molecular flexibility index (Phi) is 4.36. The fraction of sp³-hybridized carbons (Fsp3) is 0.636. The highest BCUT2D eigenvalue weighted by atomic mass is 79.9. The van der Waals surface area contributed by atoms with Gasteiger partial charge in [0.05, 0.1) is 12.4 Å². The molecule has 1 aromatic rings. The molecule has 100 valence electrons. The Balaban J connectivity index is 2.27. The van der Waals surface area contributed by atoms with Crippen LogP contribution in [0.3, 0.4) is 0 Å². The topological polar surface area (TPSA) is 84.2 Å². The monoisotopic (exact) mass is 316 g/mol. The number of anilines is 1. The van der Waals surface area contributed by atoms with Crippen LogP contribution in [0, 0.1) is 0 Å². The summed E-state index contributed by atoms with van der Waals surface area (Å²) in [7, 11) is 1.72. The Morgan fingerprint density at radius 2 is 2.50 bits per heavy atom. The zero-order valence-corrected chi connectivity index (χ0v) is 11.8. The zero-order valence-electron chi connectivity index (χ0n) is 10.2.